The van der Waals surface area contributed by atoms with Gasteiger partial charge in [-0.05, 0) is 31.3 Å². The van der Waals surface area contributed by atoms with Gasteiger partial charge in [0.2, 0.25) is 5.91 Å². The van der Waals surface area contributed by atoms with Crippen LogP contribution in [0.5, 0.6) is 5.75 Å². The van der Waals surface area contributed by atoms with Crippen molar-refractivity contribution in [2.24, 2.45) is 0 Å². The van der Waals surface area contributed by atoms with Gasteiger partial charge in [-0.25, -0.2) is 4.98 Å². The van der Waals surface area contributed by atoms with Crippen LogP contribution in [-0.2, 0) is 4.79 Å². The monoisotopic (exact) mass is 369 g/mol. The second-order valence-electron chi connectivity index (χ2n) is 4.43. The molecule has 112 valence electrons. The van der Waals surface area contributed by atoms with Gasteiger partial charge in [-0.2, -0.15) is 0 Å². The molecule has 0 aliphatic rings. The Morgan fingerprint density at radius 2 is 2.19 bits per heavy atom. The lowest BCUT2D eigenvalue weighted by Crippen LogP contribution is -2.33. The molecule has 5 nitrogen and oxygen atoms in total. The number of hydrogen-bond acceptors (Lipinski definition) is 5. The van der Waals surface area contributed by atoms with E-state index in [1.54, 1.807) is 6.20 Å². The van der Waals surface area contributed by atoms with Crippen molar-refractivity contribution in [2.45, 2.75) is 0 Å². The van der Waals surface area contributed by atoms with Gasteiger partial charge in [-0.1, -0.05) is 15.9 Å². The summed E-state index contributed by atoms with van der Waals surface area (Å²) in [5.74, 6) is 0.745. The van der Waals surface area contributed by atoms with Gasteiger partial charge in [-0.15, -0.1) is 11.3 Å². The lowest BCUT2D eigenvalue weighted by molar-refractivity contribution is -0.117. The van der Waals surface area contributed by atoms with Gasteiger partial charge in [0.15, 0.2) is 5.13 Å². The number of carbonyl (C=O) groups is 1. The molecule has 0 spiro atoms. The normalized spacial score (nSPS) is 10.6. The fraction of sp³-hybridized carbons (Fsp3) is 0.286. The third kappa shape index (κ3) is 5.82. The Balaban J connectivity index is 1.66. The highest BCUT2D eigenvalue weighted by Crippen LogP contribution is 2.15. The maximum Gasteiger partial charge on any atom is 0.240 e. The number of halogens is 1. The molecule has 1 amide bonds. The summed E-state index contributed by atoms with van der Waals surface area (Å²) in [5.41, 5.74) is 0. The minimum atomic E-state index is -0.0731. The summed E-state index contributed by atoms with van der Waals surface area (Å²) >= 11 is 4.78. The summed E-state index contributed by atoms with van der Waals surface area (Å²) in [6, 6.07) is 7.67. The molecule has 0 fully saturated rings. The number of amides is 1. The molecule has 0 saturated carbocycles. The van der Waals surface area contributed by atoms with E-state index >= 15 is 0 Å². The number of carbonyl (C=O) groups excluding carboxylic acids is 1. The smallest absolute Gasteiger partial charge is 0.240 e. The first-order valence-corrected chi connectivity index (χ1v) is 8.07. The van der Waals surface area contributed by atoms with Gasteiger partial charge in [0, 0.05) is 22.6 Å². The van der Waals surface area contributed by atoms with Crippen LogP contribution < -0.4 is 10.1 Å². The minimum absolute atomic E-state index is 0.0731. The van der Waals surface area contributed by atoms with E-state index in [2.05, 4.69) is 26.2 Å². The summed E-state index contributed by atoms with van der Waals surface area (Å²) in [4.78, 5) is 17.7. The molecule has 2 aromatic rings. The Bertz CT molecular complexity index is 560. The molecule has 1 N–H and O–H groups in total. The molecule has 2 rings (SSSR count). The molecule has 21 heavy (non-hydrogen) atoms. The Morgan fingerprint density at radius 1 is 1.43 bits per heavy atom. The Morgan fingerprint density at radius 3 is 2.86 bits per heavy atom. The van der Waals surface area contributed by atoms with E-state index in [1.807, 2.05) is 41.6 Å². The van der Waals surface area contributed by atoms with E-state index < -0.39 is 0 Å². The van der Waals surface area contributed by atoms with Crippen LogP contribution in [0.4, 0.5) is 5.13 Å². The van der Waals surface area contributed by atoms with Crippen LogP contribution in [0.2, 0.25) is 0 Å². The summed E-state index contributed by atoms with van der Waals surface area (Å²) in [6.45, 7) is 1.51. The summed E-state index contributed by atoms with van der Waals surface area (Å²) in [5, 5.41) is 5.20. The summed E-state index contributed by atoms with van der Waals surface area (Å²) in [6.07, 6.45) is 1.66. The summed E-state index contributed by atoms with van der Waals surface area (Å²) in [7, 11) is 1.88. The number of nitrogens with one attached hydrogen (secondary N) is 1. The summed E-state index contributed by atoms with van der Waals surface area (Å²) < 4.78 is 6.63. The quantitative estimate of drug-likeness (QED) is 0.815. The van der Waals surface area contributed by atoms with Crippen molar-refractivity contribution in [2.75, 3.05) is 32.1 Å². The number of benzene rings is 1. The van der Waals surface area contributed by atoms with E-state index in [0.29, 0.717) is 24.8 Å². The SMILES string of the molecule is CN(CCOc1ccc(Br)cc1)CC(=O)Nc1nccs1. The molecule has 0 radical (unpaired) electrons. The lowest BCUT2D eigenvalue weighted by Gasteiger charge is -2.16. The van der Waals surface area contributed by atoms with Crippen molar-refractivity contribution < 1.29 is 9.53 Å². The van der Waals surface area contributed by atoms with Crippen LogP contribution >= 0.6 is 27.3 Å². The molecule has 1 heterocycles. The van der Waals surface area contributed by atoms with E-state index in [9.17, 15) is 4.79 Å². The van der Waals surface area contributed by atoms with Crippen molar-refractivity contribution in [1.29, 1.82) is 0 Å². The van der Waals surface area contributed by atoms with Crippen molar-refractivity contribution in [1.82, 2.24) is 9.88 Å². The molecular weight excluding hydrogens is 354 g/mol. The molecule has 1 aromatic carbocycles. The molecule has 0 aliphatic heterocycles. The number of rotatable bonds is 7. The Labute approximate surface area is 136 Å². The number of thiazole rings is 1. The van der Waals surface area contributed by atoms with Crippen molar-refractivity contribution >= 4 is 38.3 Å². The van der Waals surface area contributed by atoms with Gasteiger partial charge in [-0.3, -0.25) is 9.69 Å². The molecule has 0 unspecified atom stereocenters. The number of nitrogens with zero attached hydrogens (tertiary/aromatic N) is 2. The highest BCUT2D eigenvalue weighted by molar-refractivity contribution is 9.10. The third-order valence-electron chi connectivity index (χ3n) is 2.65. The third-order valence-corrected chi connectivity index (χ3v) is 3.86. The minimum Gasteiger partial charge on any atom is -0.492 e. The van der Waals surface area contributed by atoms with Crippen LogP contribution in [-0.4, -0.2) is 42.5 Å². The van der Waals surface area contributed by atoms with Crippen LogP contribution in [0.3, 0.4) is 0 Å². The van der Waals surface area contributed by atoms with Crippen LogP contribution in [0.25, 0.3) is 0 Å². The zero-order valence-corrected chi connectivity index (χ0v) is 14.0. The molecule has 1 aromatic heterocycles. The second kappa shape index (κ2) is 8.11. The topological polar surface area (TPSA) is 54.5 Å². The fourth-order valence-electron chi connectivity index (χ4n) is 1.62. The van der Waals surface area contributed by atoms with Crippen molar-refractivity contribution in [3.63, 3.8) is 0 Å². The average Bonchev–Trinajstić information content (AvgIpc) is 2.93. The molecule has 7 heteroatoms. The predicted octanol–water partition coefficient (Wildman–Crippen LogP) is 2.85. The van der Waals surface area contributed by atoms with Gasteiger partial charge >= 0.3 is 0 Å². The zero-order chi connectivity index (χ0) is 15.1. The molecule has 0 saturated heterocycles. The molecule has 0 bridgehead atoms. The van der Waals surface area contributed by atoms with Crippen molar-refractivity contribution in [3.8, 4) is 5.75 Å². The van der Waals surface area contributed by atoms with E-state index in [1.165, 1.54) is 11.3 Å². The van der Waals surface area contributed by atoms with E-state index in [-0.39, 0.29) is 5.91 Å². The van der Waals surface area contributed by atoms with E-state index in [4.69, 9.17) is 4.74 Å². The van der Waals surface area contributed by atoms with Gasteiger partial charge < -0.3 is 10.1 Å². The molecule has 0 atom stereocenters. The number of hydrogen-bond donors (Lipinski definition) is 1. The lowest BCUT2D eigenvalue weighted by atomic mass is 10.3. The number of aromatic nitrogens is 1. The highest BCUT2D eigenvalue weighted by atomic mass is 79.9. The highest BCUT2D eigenvalue weighted by Gasteiger charge is 2.08. The first-order chi connectivity index (χ1) is 10.1. The Kier molecular flexibility index (Phi) is 6.16. The van der Waals surface area contributed by atoms with Crippen molar-refractivity contribution in [3.05, 3.63) is 40.3 Å². The largest absolute Gasteiger partial charge is 0.492 e. The van der Waals surface area contributed by atoms with Crippen LogP contribution in [0.1, 0.15) is 0 Å². The number of likely N-dealkylation sites (N-methyl/N-ethyl adjacent to an activating group) is 1. The van der Waals surface area contributed by atoms with Crippen LogP contribution in [0.15, 0.2) is 40.3 Å². The molecular formula is C14H16BrN3O2S. The zero-order valence-electron chi connectivity index (χ0n) is 11.6. The predicted molar refractivity (Wildman–Crippen MR) is 87.9 cm³/mol. The fourth-order valence-corrected chi connectivity index (χ4v) is 2.43. The second-order valence-corrected chi connectivity index (χ2v) is 6.24. The van der Waals surface area contributed by atoms with Gasteiger partial charge in [0.05, 0.1) is 6.54 Å². The van der Waals surface area contributed by atoms with E-state index in [0.717, 1.165) is 10.2 Å². The first-order valence-electron chi connectivity index (χ1n) is 6.40. The maximum atomic E-state index is 11.8. The average molecular weight is 370 g/mol. The first kappa shape index (κ1) is 15.9. The maximum absolute atomic E-state index is 11.8. The standard InChI is InChI=1S/C14H16BrN3O2S/c1-18(10-13(19)17-14-16-6-9-21-14)7-8-20-12-4-2-11(15)3-5-12/h2-6,9H,7-8,10H2,1H3,(H,16,17,19). The van der Waals surface area contributed by atoms with Crippen LogP contribution in [0, 0.1) is 0 Å². The van der Waals surface area contributed by atoms with Gasteiger partial charge in [0.25, 0.3) is 0 Å². The number of anilines is 1. The molecule has 0 aliphatic carbocycles. The Hall–Kier alpha value is -1.44. The number of ether oxygens (including phenoxy) is 1. The van der Waals surface area contributed by atoms with Gasteiger partial charge in [0.1, 0.15) is 12.4 Å².